The Balaban J connectivity index is 1.95. The second kappa shape index (κ2) is 5.90. The van der Waals surface area contributed by atoms with Gasteiger partial charge in [-0.3, -0.25) is 0 Å². The minimum atomic E-state index is -0.308. The fraction of sp³-hybridized carbons (Fsp3) is 0.368. The molecule has 110 valence electrons. The summed E-state index contributed by atoms with van der Waals surface area (Å²) in [7, 11) is 0. The summed E-state index contributed by atoms with van der Waals surface area (Å²) in [6, 6.07) is 14.5. The molecule has 3 rings (SSSR count). The molecule has 0 saturated carbocycles. The zero-order valence-electron chi connectivity index (χ0n) is 12.7. The molecule has 1 unspecified atom stereocenters. The van der Waals surface area contributed by atoms with Crippen molar-refractivity contribution in [3.63, 3.8) is 0 Å². The summed E-state index contributed by atoms with van der Waals surface area (Å²) in [5.41, 5.74) is 4.83. The van der Waals surface area contributed by atoms with Crippen LogP contribution in [0.2, 0.25) is 0 Å². The van der Waals surface area contributed by atoms with Crippen molar-refractivity contribution < 1.29 is 9.84 Å². The quantitative estimate of drug-likeness (QED) is 0.897. The Morgan fingerprint density at radius 3 is 2.57 bits per heavy atom. The van der Waals surface area contributed by atoms with Crippen molar-refractivity contribution in [1.82, 2.24) is 0 Å². The van der Waals surface area contributed by atoms with Crippen LogP contribution in [0.4, 0.5) is 0 Å². The molecule has 0 amide bonds. The smallest absolute Gasteiger partial charge is 0.119 e. The van der Waals surface area contributed by atoms with Gasteiger partial charge >= 0.3 is 0 Å². The number of hydrogen-bond donors (Lipinski definition) is 1. The van der Waals surface area contributed by atoms with Gasteiger partial charge < -0.3 is 9.84 Å². The normalized spacial score (nSPS) is 17.6. The van der Waals surface area contributed by atoms with Gasteiger partial charge in [0.05, 0.1) is 12.2 Å². The van der Waals surface area contributed by atoms with Crippen molar-refractivity contribution in [2.24, 2.45) is 0 Å². The average Bonchev–Trinajstić information content (AvgIpc) is 2.48. The molecule has 0 radical (unpaired) electrons. The van der Waals surface area contributed by atoms with E-state index in [1.807, 2.05) is 32.0 Å². The van der Waals surface area contributed by atoms with Crippen LogP contribution in [0.15, 0.2) is 42.5 Å². The molecule has 21 heavy (non-hydrogen) atoms. The number of aliphatic hydroxyl groups is 1. The number of benzene rings is 2. The molecular formula is C19H22O2. The second-order valence-electron chi connectivity index (χ2n) is 5.97. The predicted molar refractivity (Wildman–Crippen MR) is 85.5 cm³/mol. The number of aliphatic hydroxyl groups excluding tert-OH is 1. The van der Waals surface area contributed by atoms with Crippen molar-refractivity contribution in [3.8, 4) is 16.9 Å². The Labute approximate surface area is 126 Å². The van der Waals surface area contributed by atoms with Gasteiger partial charge in [0.2, 0.25) is 0 Å². The Hall–Kier alpha value is -1.80. The zero-order chi connectivity index (χ0) is 14.8. The highest BCUT2D eigenvalue weighted by Gasteiger charge is 2.20. The molecule has 0 heterocycles. The molecule has 1 aliphatic rings. The van der Waals surface area contributed by atoms with E-state index < -0.39 is 0 Å². The minimum Gasteiger partial charge on any atom is -0.491 e. The maximum atomic E-state index is 10.2. The van der Waals surface area contributed by atoms with E-state index in [0.717, 1.165) is 30.6 Å². The van der Waals surface area contributed by atoms with E-state index in [2.05, 4.69) is 24.3 Å². The second-order valence-corrected chi connectivity index (χ2v) is 5.97. The highest BCUT2D eigenvalue weighted by atomic mass is 16.5. The molecule has 2 aromatic rings. The highest BCUT2D eigenvalue weighted by Crippen LogP contribution is 2.36. The number of ether oxygens (including phenoxy) is 1. The summed E-state index contributed by atoms with van der Waals surface area (Å²) in [6.07, 6.45) is 2.86. The molecule has 1 atom stereocenters. The summed E-state index contributed by atoms with van der Waals surface area (Å²) in [4.78, 5) is 0. The van der Waals surface area contributed by atoms with E-state index in [9.17, 15) is 5.11 Å². The van der Waals surface area contributed by atoms with Gasteiger partial charge in [-0.15, -0.1) is 0 Å². The molecule has 0 spiro atoms. The lowest BCUT2D eigenvalue weighted by atomic mass is 9.84. The van der Waals surface area contributed by atoms with Gasteiger partial charge in [-0.05, 0) is 67.5 Å². The third-order valence-electron chi connectivity index (χ3n) is 4.01. The van der Waals surface area contributed by atoms with Crippen LogP contribution in [0.5, 0.6) is 5.75 Å². The minimum absolute atomic E-state index is 0.190. The number of rotatable bonds is 3. The molecule has 0 bridgehead atoms. The first-order valence-electron chi connectivity index (χ1n) is 7.72. The van der Waals surface area contributed by atoms with E-state index in [4.69, 9.17) is 4.74 Å². The van der Waals surface area contributed by atoms with Gasteiger partial charge in [0.15, 0.2) is 0 Å². The van der Waals surface area contributed by atoms with Crippen LogP contribution < -0.4 is 4.74 Å². The van der Waals surface area contributed by atoms with E-state index in [1.165, 1.54) is 16.7 Å². The van der Waals surface area contributed by atoms with Crippen LogP contribution in [0.25, 0.3) is 11.1 Å². The fourth-order valence-electron chi connectivity index (χ4n) is 3.08. The largest absolute Gasteiger partial charge is 0.491 e. The van der Waals surface area contributed by atoms with Crippen LogP contribution in [0.3, 0.4) is 0 Å². The van der Waals surface area contributed by atoms with Gasteiger partial charge in [-0.25, -0.2) is 0 Å². The maximum absolute atomic E-state index is 10.2. The van der Waals surface area contributed by atoms with E-state index in [0.29, 0.717) is 0 Å². The Morgan fingerprint density at radius 1 is 1.10 bits per heavy atom. The summed E-state index contributed by atoms with van der Waals surface area (Å²) in [6.45, 7) is 4.06. The third-order valence-corrected chi connectivity index (χ3v) is 4.01. The lowest BCUT2D eigenvalue weighted by Crippen LogP contribution is -2.10. The molecule has 1 N–H and O–H groups in total. The van der Waals surface area contributed by atoms with Crippen molar-refractivity contribution in [3.05, 3.63) is 53.6 Å². The Kier molecular flexibility index (Phi) is 3.98. The summed E-state index contributed by atoms with van der Waals surface area (Å²) in [5.74, 6) is 0.901. The average molecular weight is 282 g/mol. The van der Waals surface area contributed by atoms with Crippen LogP contribution in [-0.2, 0) is 6.42 Å². The van der Waals surface area contributed by atoms with Crippen molar-refractivity contribution in [2.45, 2.75) is 45.3 Å². The monoisotopic (exact) mass is 282 g/mol. The SMILES string of the molecule is CC(C)Oc1ccc(-c2cccc3c2CCCC3O)cc1. The first-order chi connectivity index (χ1) is 10.1. The van der Waals surface area contributed by atoms with E-state index in [-0.39, 0.29) is 12.2 Å². The molecule has 1 aliphatic carbocycles. The molecule has 2 heteroatoms. The topological polar surface area (TPSA) is 29.5 Å². The third kappa shape index (κ3) is 2.96. The summed E-state index contributed by atoms with van der Waals surface area (Å²) in [5, 5.41) is 10.2. The predicted octanol–water partition coefficient (Wildman–Crippen LogP) is 4.51. The molecule has 2 nitrogen and oxygen atoms in total. The van der Waals surface area contributed by atoms with Gasteiger partial charge in [-0.2, -0.15) is 0 Å². The van der Waals surface area contributed by atoms with Gasteiger partial charge in [0.25, 0.3) is 0 Å². The standard InChI is InChI=1S/C19H22O2/c1-13(2)21-15-11-9-14(10-12-15)16-5-3-7-18-17(16)6-4-8-19(18)20/h3,5,7,9-13,19-20H,4,6,8H2,1-2H3. The van der Waals surface area contributed by atoms with Crippen LogP contribution in [0.1, 0.15) is 43.9 Å². The van der Waals surface area contributed by atoms with Crippen molar-refractivity contribution >= 4 is 0 Å². The van der Waals surface area contributed by atoms with E-state index >= 15 is 0 Å². The molecular weight excluding hydrogens is 260 g/mol. The zero-order valence-corrected chi connectivity index (χ0v) is 12.7. The first-order valence-corrected chi connectivity index (χ1v) is 7.72. The summed E-state index contributed by atoms with van der Waals surface area (Å²) >= 11 is 0. The van der Waals surface area contributed by atoms with Crippen LogP contribution in [-0.4, -0.2) is 11.2 Å². The van der Waals surface area contributed by atoms with Crippen molar-refractivity contribution in [2.75, 3.05) is 0 Å². The van der Waals surface area contributed by atoms with Gasteiger partial charge in [-0.1, -0.05) is 30.3 Å². The Bertz CT molecular complexity index is 614. The van der Waals surface area contributed by atoms with Crippen LogP contribution >= 0.6 is 0 Å². The molecule has 0 aromatic heterocycles. The van der Waals surface area contributed by atoms with Gasteiger partial charge in [0.1, 0.15) is 5.75 Å². The lowest BCUT2D eigenvalue weighted by Gasteiger charge is -2.24. The summed E-state index contributed by atoms with van der Waals surface area (Å²) < 4.78 is 5.69. The first kappa shape index (κ1) is 14.2. The molecule has 2 aromatic carbocycles. The number of hydrogen-bond acceptors (Lipinski definition) is 2. The van der Waals surface area contributed by atoms with Crippen LogP contribution in [0, 0.1) is 0 Å². The lowest BCUT2D eigenvalue weighted by molar-refractivity contribution is 0.156. The molecule has 0 aliphatic heterocycles. The Morgan fingerprint density at radius 2 is 1.86 bits per heavy atom. The molecule has 0 saturated heterocycles. The van der Waals surface area contributed by atoms with Gasteiger partial charge in [0, 0.05) is 0 Å². The van der Waals surface area contributed by atoms with Crippen molar-refractivity contribution in [1.29, 1.82) is 0 Å². The highest BCUT2D eigenvalue weighted by molar-refractivity contribution is 5.70. The van der Waals surface area contributed by atoms with E-state index in [1.54, 1.807) is 0 Å². The fourth-order valence-corrected chi connectivity index (χ4v) is 3.08. The number of fused-ring (bicyclic) bond motifs is 1. The maximum Gasteiger partial charge on any atom is 0.119 e. The molecule has 0 fully saturated rings.